The Hall–Kier alpha value is -2.96. The summed E-state index contributed by atoms with van der Waals surface area (Å²) < 4.78 is 10.6. The van der Waals surface area contributed by atoms with Gasteiger partial charge in [0.2, 0.25) is 0 Å². The zero-order valence-corrected chi connectivity index (χ0v) is 14.8. The lowest BCUT2D eigenvalue weighted by Crippen LogP contribution is -2.44. The van der Waals surface area contributed by atoms with Crippen LogP contribution in [0.3, 0.4) is 0 Å². The number of hydrogen-bond donors (Lipinski definition) is 3. The van der Waals surface area contributed by atoms with Gasteiger partial charge in [0, 0.05) is 30.3 Å². The predicted octanol–water partition coefficient (Wildman–Crippen LogP) is 1.07. The summed E-state index contributed by atoms with van der Waals surface area (Å²) in [4.78, 5) is 20.7. The number of oxazole rings is 1. The van der Waals surface area contributed by atoms with Crippen molar-refractivity contribution in [3.05, 3.63) is 41.9 Å². The minimum Gasteiger partial charge on any atom is -0.495 e. The molecule has 9 nitrogen and oxygen atoms in total. The summed E-state index contributed by atoms with van der Waals surface area (Å²) in [7, 11) is 1.46. The lowest BCUT2D eigenvalue weighted by molar-refractivity contribution is 0.0909. The van der Waals surface area contributed by atoms with Gasteiger partial charge in [0.25, 0.3) is 5.91 Å². The molecule has 1 amide bonds. The average molecular weight is 368 g/mol. The molecule has 9 heteroatoms. The van der Waals surface area contributed by atoms with Crippen LogP contribution in [0.4, 0.5) is 0 Å². The summed E-state index contributed by atoms with van der Waals surface area (Å²) in [6, 6.07) is 3.89. The van der Waals surface area contributed by atoms with Crippen molar-refractivity contribution >= 4 is 5.91 Å². The van der Waals surface area contributed by atoms with Crippen LogP contribution < -0.4 is 20.9 Å². The summed E-state index contributed by atoms with van der Waals surface area (Å²) in [5, 5.41) is 12.1. The van der Waals surface area contributed by atoms with Gasteiger partial charge >= 0.3 is 0 Å². The first-order valence-electron chi connectivity index (χ1n) is 8.84. The molecule has 3 N–H and O–H groups in total. The monoisotopic (exact) mass is 368 g/mol. The summed E-state index contributed by atoms with van der Waals surface area (Å²) in [5.41, 5.74) is 7.14. The number of ether oxygens (including phenoxy) is 1. The van der Waals surface area contributed by atoms with Crippen molar-refractivity contribution in [3.63, 3.8) is 0 Å². The minimum atomic E-state index is -0.267. The fourth-order valence-corrected chi connectivity index (χ4v) is 3.92. The fourth-order valence-electron chi connectivity index (χ4n) is 3.92. The average Bonchev–Trinajstić information content (AvgIpc) is 3.36. The van der Waals surface area contributed by atoms with Crippen LogP contribution >= 0.6 is 0 Å². The van der Waals surface area contributed by atoms with Gasteiger partial charge in [-0.15, -0.1) is 0 Å². The summed E-state index contributed by atoms with van der Waals surface area (Å²) in [6.45, 7) is 0. The van der Waals surface area contributed by atoms with Gasteiger partial charge in [-0.05, 0) is 19.3 Å². The van der Waals surface area contributed by atoms with E-state index in [1.165, 1.54) is 25.8 Å². The topological polar surface area (TPSA) is 125 Å². The highest BCUT2D eigenvalue weighted by atomic mass is 16.5. The summed E-state index contributed by atoms with van der Waals surface area (Å²) in [5.74, 6) is 1.16. The van der Waals surface area contributed by atoms with Gasteiger partial charge in [0.05, 0.1) is 19.3 Å². The van der Waals surface area contributed by atoms with Crippen LogP contribution in [0.2, 0.25) is 0 Å². The molecule has 27 heavy (non-hydrogen) atoms. The first-order valence-corrected chi connectivity index (χ1v) is 8.84. The third kappa shape index (κ3) is 3.37. The third-order valence-electron chi connectivity index (χ3n) is 5.28. The van der Waals surface area contributed by atoms with E-state index in [2.05, 4.69) is 26.1 Å². The number of aromatic nitrogens is 2. The number of carbonyl (C=O) groups is 1. The fraction of sp³-hybridized carbons (Fsp3) is 0.444. The molecule has 4 rings (SSSR count). The Kier molecular flexibility index (Phi) is 4.75. The maximum atomic E-state index is 12.6. The van der Waals surface area contributed by atoms with Crippen LogP contribution in [-0.2, 0) is 0 Å². The van der Waals surface area contributed by atoms with E-state index in [9.17, 15) is 4.79 Å². The zero-order chi connectivity index (χ0) is 18.8. The Bertz CT molecular complexity index is 862. The van der Waals surface area contributed by atoms with E-state index in [-0.39, 0.29) is 23.7 Å². The summed E-state index contributed by atoms with van der Waals surface area (Å²) >= 11 is 0. The molecule has 2 fully saturated rings. The molecule has 1 aliphatic carbocycles. The highest BCUT2D eigenvalue weighted by molar-refractivity contribution is 5.93. The highest BCUT2D eigenvalue weighted by Crippen LogP contribution is 2.38. The molecular formula is C18H20N6O3. The van der Waals surface area contributed by atoms with Crippen LogP contribution in [0.5, 0.6) is 5.75 Å². The van der Waals surface area contributed by atoms with Gasteiger partial charge in [-0.3, -0.25) is 10.2 Å². The van der Waals surface area contributed by atoms with Crippen molar-refractivity contribution in [2.24, 2.45) is 5.92 Å². The lowest BCUT2D eigenvalue weighted by atomic mass is 9.78. The molecule has 4 atom stereocenters. The quantitative estimate of drug-likeness (QED) is 0.732. The molecule has 3 heterocycles. The van der Waals surface area contributed by atoms with E-state index >= 15 is 0 Å². The maximum Gasteiger partial charge on any atom is 0.270 e. The van der Waals surface area contributed by atoms with Crippen molar-refractivity contribution in [1.29, 1.82) is 5.26 Å². The van der Waals surface area contributed by atoms with Gasteiger partial charge in [0.15, 0.2) is 6.39 Å². The van der Waals surface area contributed by atoms with E-state index in [4.69, 9.17) is 14.4 Å². The second kappa shape index (κ2) is 7.34. The number of carbonyl (C=O) groups excluding carboxylic acids is 1. The molecule has 140 valence electrons. The molecule has 1 aliphatic heterocycles. The molecular weight excluding hydrogens is 348 g/mol. The Morgan fingerprint density at radius 3 is 3.04 bits per heavy atom. The first-order chi connectivity index (χ1) is 13.2. The van der Waals surface area contributed by atoms with Gasteiger partial charge < -0.3 is 14.5 Å². The second-order valence-electron chi connectivity index (χ2n) is 6.81. The van der Waals surface area contributed by atoms with Gasteiger partial charge in [-0.1, -0.05) is 0 Å². The molecule has 1 saturated carbocycles. The Balaban J connectivity index is 1.44. The number of fused-ring (bicyclic) bond motifs is 1. The van der Waals surface area contributed by atoms with Crippen molar-refractivity contribution < 1.29 is 13.9 Å². The predicted molar refractivity (Wildman–Crippen MR) is 93.4 cm³/mol. The van der Waals surface area contributed by atoms with Crippen molar-refractivity contribution in [1.82, 2.24) is 26.1 Å². The SMILES string of the molecule is COc1cc(C(=O)NC2CCC3NNC(c4cnco4)C3C2)ncc1C#N. The zero-order valence-electron chi connectivity index (χ0n) is 14.8. The van der Waals surface area contributed by atoms with E-state index in [0.717, 1.165) is 25.0 Å². The molecule has 2 aromatic rings. The molecule has 2 aliphatic rings. The molecule has 1 saturated heterocycles. The number of nitrogens with one attached hydrogen (secondary N) is 3. The van der Waals surface area contributed by atoms with Crippen LogP contribution in [0.15, 0.2) is 29.3 Å². The molecule has 4 unspecified atom stereocenters. The Labute approximate surface area is 156 Å². The number of methoxy groups -OCH3 is 1. The Morgan fingerprint density at radius 1 is 1.41 bits per heavy atom. The second-order valence-corrected chi connectivity index (χ2v) is 6.81. The van der Waals surface area contributed by atoms with Crippen molar-refractivity contribution in [2.45, 2.75) is 37.4 Å². The van der Waals surface area contributed by atoms with Crippen LogP contribution in [0, 0.1) is 17.2 Å². The molecule has 0 spiro atoms. The summed E-state index contributed by atoms with van der Waals surface area (Å²) in [6.07, 6.45) is 7.13. The van der Waals surface area contributed by atoms with Crippen molar-refractivity contribution in [2.75, 3.05) is 7.11 Å². The molecule has 2 aromatic heterocycles. The molecule has 0 bridgehead atoms. The smallest absolute Gasteiger partial charge is 0.270 e. The van der Waals surface area contributed by atoms with Gasteiger partial charge in [-0.25, -0.2) is 15.4 Å². The maximum absolute atomic E-state index is 12.6. The molecule has 0 aromatic carbocycles. The normalized spacial score (nSPS) is 26.8. The number of amides is 1. The van der Waals surface area contributed by atoms with E-state index in [0.29, 0.717) is 23.3 Å². The molecule has 0 radical (unpaired) electrons. The van der Waals surface area contributed by atoms with Gasteiger partial charge in [-0.2, -0.15) is 5.26 Å². The van der Waals surface area contributed by atoms with Crippen molar-refractivity contribution in [3.8, 4) is 11.8 Å². The number of nitrogens with zero attached hydrogens (tertiary/aromatic N) is 3. The van der Waals surface area contributed by atoms with Crippen LogP contribution in [-0.4, -0.2) is 35.1 Å². The number of hydrogen-bond acceptors (Lipinski definition) is 8. The number of hydrazine groups is 1. The van der Waals surface area contributed by atoms with Crippen LogP contribution in [0.25, 0.3) is 0 Å². The third-order valence-corrected chi connectivity index (χ3v) is 5.28. The number of nitriles is 1. The van der Waals surface area contributed by atoms with E-state index < -0.39 is 0 Å². The largest absolute Gasteiger partial charge is 0.495 e. The number of rotatable bonds is 4. The standard InChI is InChI=1S/C18H20N6O3/c1-26-15-5-14(21-7-10(15)6-19)18(25)22-11-2-3-13-12(4-11)17(24-23-13)16-8-20-9-27-16/h5,7-9,11-13,17,23-24H,2-4H2,1H3,(H,22,25). The lowest BCUT2D eigenvalue weighted by Gasteiger charge is -2.33. The van der Waals surface area contributed by atoms with Gasteiger partial charge in [0.1, 0.15) is 28.8 Å². The minimum absolute atomic E-state index is 0.0327. The number of pyridine rings is 1. The van der Waals surface area contributed by atoms with E-state index in [1.54, 1.807) is 6.20 Å². The highest BCUT2D eigenvalue weighted by Gasteiger charge is 2.42. The first kappa shape index (κ1) is 17.5. The Morgan fingerprint density at radius 2 is 2.30 bits per heavy atom. The van der Waals surface area contributed by atoms with Crippen LogP contribution in [0.1, 0.15) is 47.1 Å². The van der Waals surface area contributed by atoms with E-state index in [1.807, 2.05) is 6.07 Å².